The molecule has 0 saturated heterocycles. The van der Waals surface area contributed by atoms with Gasteiger partial charge >= 0.3 is 12.1 Å². The van der Waals surface area contributed by atoms with Gasteiger partial charge in [-0.2, -0.15) is 5.26 Å². The van der Waals surface area contributed by atoms with Gasteiger partial charge in [0.2, 0.25) is 5.91 Å². The van der Waals surface area contributed by atoms with Gasteiger partial charge in [-0.3, -0.25) is 4.79 Å². The first-order chi connectivity index (χ1) is 13.5. The number of ether oxygens (including phenoxy) is 1. The molecule has 8 heteroatoms. The van der Waals surface area contributed by atoms with Gasteiger partial charge in [0.05, 0.1) is 11.6 Å². The van der Waals surface area contributed by atoms with Crippen LogP contribution in [0, 0.1) is 11.3 Å². The summed E-state index contributed by atoms with van der Waals surface area (Å²) in [5, 5.41) is 23.0. The Morgan fingerprint density at radius 3 is 2.43 bits per heavy atom. The standard InChI is InChI=1S/C20H19N3O5/c21-11-16-9-5-4-8-15(16)10-17(19(25)26)23-18(24)12-22-20(27)28-13-14-6-2-1-3-7-14/h1-9,17H,10,12-13H2,(H,22,27)(H,23,24)(H,25,26)/t17-/m1/s1. The third-order valence-corrected chi connectivity index (χ3v) is 3.80. The molecule has 2 aromatic rings. The van der Waals surface area contributed by atoms with E-state index in [1.54, 1.807) is 48.5 Å². The molecule has 28 heavy (non-hydrogen) atoms. The van der Waals surface area contributed by atoms with E-state index >= 15 is 0 Å². The lowest BCUT2D eigenvalue weighted by molar-refractivity contribution is -0.141. The fraction of sp³-hybridized carbons (Fsp3) is 0.200. The van der Waals surface area contributed by atoms with E-state index in [-0.39, 0.29) is 13.0 Å². The van der Waals surface area contributed by atoms with E-state index in [4.69, 9.17) is 10.00 Å². The van der Waals surface area contributed by atoms with Crippen molar-refractivity contribution in [2.24, 2.45) is 0 Å². The maximum Gasteiger partial charge on any atom is 0.407 e. The van der Waals surface area contributed by atoms with Crippen LogP contribution in [0.25, 0.3) is 0 Å². The molecule has 0 fully saturated rings. The second kappa shape index (κ2) is 10.3. The molecule has 0 aliphatic rings. The minimum atomic E-state index is -1.24. The first-order valence-corrected chi connectivity index (χ1v) is 8.44. The molecule has 0 aliphatic carbocycles. The minimum absolute atomic E-state index is 0.0523. The summed E-state index contributed by atoms with van der Waals surface area (Å²) in [5.74, 6) is -1.92. The highest BCUT2D eigenvalue weighted by Crippen LogP contribution is 2.10. The van der Waals surface area contributed by atoms with Crippen molar-refractivity contribution in [3.05, 3.63) is 71.3 Å². The Hall–Kier alpha value is -3.86. The van der Waals surface area contributed by atoms with Crippen LogP contribution in [0.3, 0.4) is 0 Å². The van der Waals surface area contributed by atoms with Gasteiger partial charge < -0.3 is 20.5 Å². The molecule has 8 nitrogen and oxygen atoms in total. The molecule has 0 radical (unpaired) electrons. The van der Waals surface area contributed by atoms with Gasteiger partial charge in [0, 0.05) is 6.42 Å². The van der Waals surface area contributed by atoms with Crippen molar-refractivity contribution in [3.8, 4) is 6.07 Å². The van der Waals surface area contributed by atoms with E-state index in [2.05, 4.69) is 10.6 Å². The number of benzene rings is 2. The predicted octanol–water partition coefficient (Wildman–Crippen LogP) is 1.60. The molecule has 144 valence electrons. The van der Waals surface area contributed by atoms with Gasteiger partial charge in [-0.05, 0) is 17.2 Å². The molecule has 2 aromatic carbocycles. The summed E-state index contributed by atoms with van der Waals surface area (Å²) in [6.07, 6.45) is -0.843. The van der Waals surface area contributed by atoms with Crippen LogP contribution in [-0.4, -0.2) is 35.7 Å². The molecule has 0 unspecified atom stereocenters. The van der Waals surface area contributed by atoms with Crippen molar-refractivity contribution < 1.29 is 24.2 Å². The number of carbonyl (C=O) groups excluding carboxylic acids is 2. The Kier molecular flexibility index (Phi) is 7.54. The second-order valence-electron chi connectivity index (χ2n) is 5.85. The lowest BCUT2D eigenvalue weighted by Crippen LogP contribution is -2.46. The number of aliphatic carboxylic acids is 1. The Balaban J connectivity index is 1.82. The number of nitriles is 1. The summed E-state index contributed by atoms with van der Waals surface area (Å²) in [4.78, 5) is 35.0. The van der Waals surface area contributed by atoms with Gasteiger partial charge in [0.15, 0.2) is 0 Å². The van der Waals surface area contributed by atoms with Crippen LogP contribution in [0.4, 0.5) is 4.79 Å². The van der Waals surface area contributed by atoms with Crippen molar-refractivity contribution in [1.29, 1.82) is 5.26 Å². The molecule has 0 heterocycles. The number of hydrogen-bond acceptors (Lipinski definition) is 5. The Labute approximate surface area is 161 Å². The number of carbonyl (C=O) groups is 3. The zero-order valence-corrected chi connectivity index (χ0v) is 14.9. The van der Waals surface area contributed by atoms with E-state index in [1.807, 2.05) is 12.1 Å². The average Bonchev–Trinajstić information content (AvgIpc) is 2.71. The summed E-state index contributed by atoms with van der Waals surface area (Å²) in [7, 11) is 0. The first-order valence-electron chi connectivity index (χ1n) is 8.44. The number of rotatable bonds is 8. The Bertz CT molecular complexity index is 877. The van der Waals surface area contributed by atoms with E-state index in [0.717, 1.165) is 5.56 Å². The normalized spacial score (nSPS) is 11.0. The zero-order chi connectivity index (χ0) is 20.4. The highest BCUT2D eigenvalue weighted by atomic mass is 16.5. The highest BCUT2D eigenvalue weighted by molar-refractivity contribution is 5.86. The van der Waals surface area contributed by atoms with Crippen LogP contribution < -0.4 is 10.6 Å². The summed E-state index contributed by atoms with van der Waals surface area (Å²) < 4.78 is 4.97. The maximum atomic E-state index is 12.0. The van der Waals surface area contributed by atoms with Gasteiger partial charge in [-0.15, -0.1) is 0 Å². The topological polar surface area (TPSA) is 129 Å². The molecule has 0 aliphatic heterocycles. The van der Waals surface area contributed by atoms with Crippen molar-refractivity contribution >= 4 is 18.0 Å². The fourth-order valence-corrected chi connectivity index (χ4v) is 2.40. The third kappa shape index (κ3) is 6.46. The SMILES string of the molecule is N#Cc1ccccc1C[C@@H](NC(=O)CNC(=O)OCc1ccccc1)C(=O)O. The Morgan fingerprint density at radius 2 is 1.75 bits per heavy atom. The zero-order valence-electron chi connectivity index (χ0n) is 14.9. The predicted molar refractivity (Wildman–Crippen MR) is 99.1 cm³/mol. The molecule has 2 rings (SSSR count). The summed E-state index contributed by atoms with van der Waals surface area (Å²) >= 11 is 0. The van der Waals surface area contributed by atoms with Crippen LogP contribution >= 0.6 is 0 Å². The third-order valence-electron chi connectivity index (χ3n) is 3.80. The number of amides is 2. The van der Waals surface area contributed by atoms with Crippen LogP contribution in [0.1, 0.15) is 16.7 Å². The number of nitrogens with zero attached hydrogens (tertiary/aromatic N) is 1. The molecule has 2 amide bonds. The lowest BCUT2D eigenvalue weighted by Gasteiger charge is -2.15. The number of carboxylic acid groups (broad SMARTS) is 1. The molecule has 0 aromatic heterocycles. The van der Waals surface area contributed by atoms with E-state index in [1.165, 1.54) is 0 Å². The number of alkyl carbamates (subject to hydrolysis) is 1. The van der Waals surface area contributed by atoms with Crippen LogP contribution in [-0.2, 0) is 27.4 Å². The smallest absolute Gasteiger partial charge is 0.407 e. The highest BCUT2D eigenvalue weighted by Gasteiger charge is 2.22. The quantitative estimate of drug-likeness (QED) is 0.637. The molecule has 1 atom stereocenters. The van der Waals surface area contributed by atoms with Crippen LogP contribution in [0.15, 0.2) is 54.6 Å². The van der Waals surface area contributed by atoms with Crippen molar-refractivity contribution in [3.63, 3.8) is 0 Å². The lowest BCUT2D eigenvalue weighted by atomic mass is 10.0. The first kappa shape index (κ1) is 20.5. The van der Waals surface area contributed by atoms with Crippen LogP contribution in [0.2, 0.25) is 0 Å². The van der Waals surface area contributed by atoms with Crippen molar-refractivity contribution in [1.82, 2.24) is 10.6 Å². The van der Waals surface area contributed by atoms with E-state index < -0.39 is 30.6 Å². The molecular weight excluding hydrogens is 362 g/mol. The second-order valence-corrected chi connectivity index (χ2v) is 5.85. The maximum absolute atomic E-state index is 12.0. The fourth-order valence-electron chi connectivity index (χ4n) is 2.40. The molecular formula is C20H19N3O5. The molecule has 0 bridgehead atoms. The molecule has 0 saturated carbocycles. The molecule has 0 spiro atoms. The van der Waals surface area contributed by atoms with Crippen molar-refractivity contribution in [2.45, 2.75) is 19.1 Å². The van der Waals surface area contributed by atoms with Gasteiger partial charge in [0.25, 0.3) is 0 Å². The summed E-state index contributed by atoms with van der Waals surface area (Å²) in [6, 6.07) is 16.3. The van der Waals surface area contributed by atoms with E-state index in [9.17, 15) is 19.5 Å². The van der Waals surface area contributed by atoms with E-state index in [0.29, 0.717) is 11.1 Å². The molecule has 3 N–H and O–H groups in total. The number of nitrogens with one attached hydrogen (secondary N) is 2. The summed E-state index contributed by atoms with van der Waals surface area (Å²) in [6.45, 7) is -0.381. The Morgan fingerprint density at radius 1 is 1.07 bits per heavy atom. The minimum Gasteiger partial charge on any atom is -0.480 e. The van der Waals surface area contributed by atoms with Gasteiger partial charge in [0.1, 0.15) is 19.2 Å². The van der Waals surface area contributed by atoms with Gasteiger partial charge in [-0.1, -0.05) is 48.5 Å². The number of carboxylic acids is 1. The average molecular weight is 381 g/mol. The number of hydrogen-bond donors (Lipinski definition) is 3. The summed E-state index contributed by atoms with van der Waals surface area (Å²) in [5.41, 5.74) is 1.64. The van der Waals surface area contributed by atoms with Gasteiger partial charge in [-0.25, -0.2) is 9.59 Å². The monoisotopic (exact) mass is 381 g/mol. The largest absolute Gasteiger partial charge is 0.480 e. The van der Waals surface area contributed by atoms with Crippen molar-refractivity contribution in [2.75, 3.05) is 6.54 Å². The van der Waals surface area contributed by atoms with Crippen LogP contribution in [0.5, 0.6) is 0 Å².